The lowest BCUT2D eigenvalue weighted by molar-refractivity contribution is -0.231. The van der Waals surface area contributed by atoms with Crippen molar-refractivity contribution >= 4 is 35.1 Å². The fourth-order valence-electron chi connectivity index (χ4n) is 5.59. The van der Waals surface area contributed by atoms with E-state index in [1.807, 2.05) is 31.2 Å². The fraction of sp³-hybridized carbons (Fsp3) is 0.391. The number of amides is 3. The number of halogens is 2. The van der Waals surface area contributed by atoms with Gasteiger partial charge in [-0.25, -0.2) is 9.37 Å². The van der Waals surface area contributed by atoms with E-state index in [1.54, 1.807) is 4.90 Å². The number of hydrogen-bond donors (Lipinski definition) is 1. The van der Waals surface area contributed by atoms with E-state index >= 15 is 0 Å². The van der Waals surface area contributed by atoms with Crippen molar-refractivity contribution < 1.29 is 18.8 Å². The van der Waals surface area contributed by atoms with Crippen LogP contribution in [-0.4, -0.2) is 40.2 Å². The number of piperazine rings is 1. The van der Waals surface area contributed by atoms with Crippen LogP contribution >= 0.6 is 11.6 Å². The summed E-state index contributed by atoms with van der Waals surface area (Å²) in [7, 11) is 0. The van der Waals surface area contributed by atoms with Crippen molar-refractivity contribution in [2.45, 2.75) is 38.8 Å². The van der Waals surface area contributed by atoms with Crippen LogP contribution in [0.1, 0.15) is 30.4 Å². The molecule has 4 fully saturated rings. The van der Waals surface area contributed by atoms with Crippen LogP contribution in [0.25, 0.3) is 0 Å². The monoisotopic (exact) mass is 456 g/mol. The number of primary amides is 1. The molecule has 1 atom stereocenters. The highest BCUT2D eigenvalue weighted by Crippen LogP contribution is 2.75. The molecular weight excluding hydrogens is 435 g/mol. The summed E-state index contributed by atoms with van der Waals surface area (Å²) in [5, 5.41) is 0.0994. The van der Waals surface area contributed by atoms with Gasteiger partial charge in [-0.2, -0.15) is 0 Å². The van der Waals surface area contributed by atoms with Gasteiger partial charge in [-0.15, -0.1) is 0 Å². The standard InChI is InChI=1S/C23H22ClFN4O3/c1-13-2-4-14(5-3-13)8-28-17(30)9-29(19-16(25)6-15(24)7-27-19)20(31)18(28)22-10-23(11-22,12-22)21(26)32/h2-7,18H,8-12H2,1H3,(H2,26,32)/t18-,22?,23?/m0/s1. The number of nitrogens with zero attached hydrogens (tertiary/aromatic N) is 3. The third-order valence-corrected chi connectivity index (χ3v) is 7.32. The van der Waals surface area contributed by atoms with E-state index in [-0.39, 0.29) is 35.7 Å². The molecule has 9 heteroatoms. The van der Waals surface area contributed by atoms with Crippen LogP contribution in [0.2, 0.25) is 5.02 Å². The second-order valence-corrected chi connectivity index (χ2v) is 9.77. The Kier molecular flexibility index (Phi) is 4.57. The molecule has 166 valence electrons. The van der Waals surface area contributed by atoms with Crippen LogP contribution in [0.15, 0.2) is 36.5 Å². The normalized spacial score (nSPS) is 28.9. The van der Waals surface area contributed by atoms with Crippen LogP contribution < -0.4 is 10.6 Å². The van der Waals surface area contributed by atoms with Gasteiger partial charge in [0.15, 0.2) is 11.6 Å². The maximum absolute atomic E-state index is 14.6. The highest BCUT2D eigenvalue weighted by molar-refractivity contribution is 6.30. The van der Waals surface area contributed by atoms with Gasteiger partial charge in [0.1, 0.15) is 12.6 Å². The predicted molar refractivity (Wildman–Crippen MR) is 115 cm³/mol. The lowest BCUT2D eigenvalue weighted by Crippen LogP contribution is -2.78. The number of carbonyl (C=O) groups excluding carboxylic acids is 3. The van der Waals surface area contributed by atoms with E-state index in [4.69, 9.17) is 17.3 Å². The molecule has 1 aromatic carbocycles. The van der Waals surface area contributed by atoms with Crippen molar-refractivity contribution in [2.24, 2.45) is 16.6 Å². The van der Waals surface area contributed by atoms with Gasteiger partial charge >= 0.3 is 0 Å². The first-order valence-corrected chi connectivity index (χ1v) is 10.8. The van der Waals surface area contributed by atoms with Gasteiger partial charge in [0.2, 0.25) is 11.8 Å². The largest absolute Gasteiger partial charge is 0.369 e. The number of pyridine rings is 1. The molecular formula is C23H22ClFN4O3. The number of hydrogen-bond acceptors (Lipinski definition) is 4. The first kappa shape index (κ1) is 20.9. The molecule has 2 aromatic rings. The molecule has 0 spiro atoms. The predicted octanol–water partition coefficient (Wildman–Crippen LogP) is 2.58. The lowest BCUT2D eigenvalue weighted by atomic mass is 9.32. The molecule has 1 aliphatic heterocycles. The molecule has 6 rings (SSSR count). The van der Waals surface area contributed by atoms with E-state index in [0.29, 0.717) is 19.3 Å². The molecule has 0 unspecified atom stereocenters. The van der Waals surface area contributed by atoms with Crippen LogP contribution in [0, 0.1) is 23.6 Å². The Morgan fingerprint density at radius 1 is 1.25 bits per heavy atom. The van der Waals surface area contributed by atoms with Gasteiger partial charge in [0, 0.05) is 18.2 Å². The topological polar surface area (TPSA) is 96.6 Å². The maximum atomic E-state index is 14.6. The van der Waals surface area contributed by atoms with Gasteiger partial charge in [0.25, 0.3) is 5.91 Å². The molecule has 3 saturated carbocycles. The summed E-state index contributed by atoms with van der Waals surface area (Å²) in [6.45, 7) is 1.91. The molecule has 1 saturated heterocycles. The summed E-state index contributed by atoms with van der Waals surface area (Å²) in [5.74, 6) is -2.06. The first-order chi connectivity index (χ1) is 15.1. The summed E-state index contributed by atoms with van der Waals surface area (Å²) in [6, 6.07) is 7.99. The van der Waals surface area contributed by atoms with Gasteiger partial charge in [0.05, 0.1) is 10.4 Å². The van der Waals surface area contributed by atoms with Crippen molar-refractivity contribution in [1.82, 2.24) is 9.88 Å². The minimum atomic E-state index is -0.817. The molecule has 0 radical (unpaired) electrons. The molecule has 1 aromatic heterocycles. The van der Waals surface area contributed by atoms with Crippen LogP contribution in [0.5, 0.6) is 0 Å². The molecule has 2 heterocycles. The van der Waals surface area contributed by atoms with Crippen molar-refractivity contribution in [3.63, 3.8) is 0 Å². The molecule has 2 bridgehead atoms. The van der Waals surface area contributed by atoms with E-state index in [1.165, 1.54) is 6.20 Å². The van der Waals surface area contributed by atoms with Gasteiger partial charge < -0.3 is 10.6 Å². The van der Waals surface area contributed by atoms with Crippen molar-refractivity contribution in [2.75, 3.05) is 11.4 Å². The Bertz CT molecular complexity index is 1130. The summed E-state index contributed by atoms with van der Waals surface area (Å²) in [5.41, 5.74) is 6.41. The Hall–Kier alpha value is -3.00. The quantitative estimate of drug-likeness (QED) is 0.747. The van der Waals surface area contributed by atoms with Crippen molar-refractivity contribution in [1.29, 1.82) is 0 Å². The number of aromatic nitrogens is 1. The average Bonchev–Trinajstić information content (AvgIpc) is 2.66. The third kappa shape index (κ3) is 3.00. The summed E-state index contributed by atoms with van der Waals surface area (Å²) < 4.78 is 14.6. The summed E-state index contributed by atoms with van der Waals surface area (Å²) >= 11 is 5.80. The highest BCUT2D eigenvalue weighted by Gasteiger charge is 2.76. The van der Waals surface area contributed by atoms with Crippen LogP contribution in [0.3, 0.4) is 0 Å². The van der Waals surface area contributed by atoms with Crippen molar-refractivity contribution in [3.05, 3.63) is 58.5 Å². The van der Waals surface area contributed by atoms with Crippen molar-refractivity contribution in [3.8, 4) is 0 Å². The summed E-state index contributed by atoms with van der Waals surface area (Å²) in [4.78, 5) is 45.4. The zero-order valence-electron chi connectivity index (χ0n) is 17.5. The van der Waals surface area contributed by atoms with Gasteiger partial charge in [-0.05, 0) is 37.8 Å². The van der Waals surface area contributed by atoms with Crippen LogP contribution in [-0.2, 0) is 20.9 Å². The lowest BCUT2D eigenvalue weighted by Gasteiger charge is -2.72. The van der Waals surface area contributed by atoms with Gasteiger partial charge in [-0.1, -0.05) is 41.4 Å². The minimum Gasteiger partial charge on any atom is -0.369 e. The van der Waals surface area contributed by atoms with E-state index < -0.39 is 28.6 Å². The Balaban J connectivity index is 1.50. The average molecular weight is 457 g/mol. The smallest absolute Gasteiger partial charge is 0.252 e. The van der Waals surface area contributed by atoms with E-state index in [2.05, 4.69) is 4.98 Å². The summed E-state index contributed by atoms with van der Waals surface area (Å²) in [6.07, 6.45) is 2.60. The fourth-order valence-corrected chi connectivity index (χ4v) is 5.74. The maximum Gasteiger partial charge on any atom is 0.252 e. The first-order valence-electron chi connectivity index (χ1n) is 10.4. The molecule has 2 N–H and O–H groups in total. The SMILES string of the molecule is Cc1ccc(CN2C(=O)CN(c3ncc(Cl)cc3F)C(=O)[C@H]2C23CC(C(N)=O)(C2)C3)cc1. The number of carbonyl (C=O) groups is 3. The second kappa shape index (κ2) is 7.00. The third-order valence-electron chi connectivity index (χ3n) is 7.12. The highest BCUT2D eigenvalue weighted by atomic mass is 35.5. The molecule has 7 nitrogen and oxygen atoms in total. The number of anilines is 1. The number of rotatable bonds is 5. The number of benzene rings is 1. The molecule has 4 aliphatic rings. The Labute approximate surface area is 189 Å². The van der Waals surface area contributed by atoms with Gasteiger partial charge in [-0.3, -0.25) is 19.3 Å². The zero-order valence-corrected chi connectivity index (χ0v) is 18.2. The Morgan fingerprint density at radius 2 is 1.91 bits per heavy atom. The number of aryl methyl sites for hydroxylation is 1. The van der Waals surface area contributed by atoms with E-state index in [9.17, 15) is 18.8 Å². The van der Waals surface area contributed by atoms with Crippen LogP contribution in [0.4, 0.5) is 10.2 Å². The minimum absolute atomic E-state index is 0.0994. The molecule has 3 amide bonds. The molecule has 3 aliphatic carbocycles. The van der Waals surface area contributed by atoms with E-state index in [0.717, 1.165) is 22.1 Å². The Morgan fingerprint density at radius 3 is 2.50 bits per heavy atom. The number of nitrogens with two attached hydrogens (primary N) is 1. The zero-order chi connectivity index (χ0) is 22.8. The second-order valence-electron chi connectivity index (χ2n) is 9.33. The molecule has 32 heavy (non-hydrogen) atoms.